The number of allylic oxidation sites excluding steroid dienone is 2. The molecule has 1 aliphatic carbocycles. The predicted molar refractivity (Wildman–Crippen MR) is 61.4 cm³/mol. The van der Waals surface area contributed by atoms with Gasteiger partial charge in [0.05, 0.1) is 0 Å². The molecule has 14 heavy (non-hydrogen) atoms. The van der Waals surface area contributed by atoms with Gasteiger partial charge in [-0.05, 0) is 58.0 Å². The lowest BCUT2D eigenvalue weighted by molar-refractivity contribution is 0.146. The van der Waals surface area contributed by atoms with Crippen molar-refractivity contribution in [1.82, 2.24) is 4.90 Å². The van der Waals surface area contributed by atoms with E-state index in [4.69, 9.17) is 0 Å². The van der Waals surface area contributed by atoms with E-state index in [0.29, 0.717) is 0 Å². The van der Waals surface area contributed by atoms with E-state index in [2.05, 4.69) is 17.1 Å². The van der Waals surface area contributed by atoms with Crippen molar-refractivity contribution in [3.8, 4) is 0 Å². The molecule has 0 aromatic heterocycles. The maximum absolute atomic E-state index is 2.75. The first kappa shape index (κ1) is 10.2. The quantitative estimate of drug-likeness (QED) is 0.577. The first-order chi connectivity index (χ1) is 6.97. The van der Waals surface area contributed by atoms with Crippen LogP contribution in [0.3, 0.4) is 0 Å². The highest BCUT2D eigenvalue weighted by Gasteiger charge is 2.19. The van der Waals surface area contributed by atoms with Crippen LogP contribution in [-0.4, -0.2) is 24.0 Å². The predicted octanol–water partition coefficient (Wildman–Crippen LogP) is 3.36. The van der Waals surface area contributed by atoms with Gasteiger partial charge in [0.15, 0.2) is 0 Å². The van der Waals surface area contributed by atoms with E-state index in [-0.39, 0.29) is 0 Å². The van der Waals surface area contributed by atoms with Gasteiger partial charge >= 0.3 is 0 Å². The second-order valence-corrected chi connectivity index (χ2v) is 4.73. The largest absolute Gasteiger partial charge is 0.300 e. The molecule has 0 bridgehead atoms. The summed E-state index contributed by atoms with van der Waals surface area (Å²) in [7, 11) is 0. The topological polar surface area (TPSA) is 3.24 Å². The lowest BCUT2D eigenvalue weighted by atomic mass is 9.97. The summed E-state index contributed by atoms with van der Waals surface area (Å²) >= 11 is 0. The van der Waals surface area contributed by atoms with E-state index in [1.165, 1.54) is 64.5 Å². The number of piperidine rings is 1. The molecule has 0 radical (unpaired) electrons. The third kappa shape index (κ3) is 2.84. The van der Waals surface area contributed by atoms with Crippen LogP contribution in [0.15, 0.2) is 12.2 Å². The summed E-state index contributed by atoms with van der Waals surface area (Å²) in [5.74, 6) is 0. The van der Waals surface area contributed by atoms with E-state index in [1.807, 2.05) is 0 Å². The molecule has 80 valence electrons. The second kappa shape index (κ2) is 5.55. The van der Waals surface area contributed by atoms with Crippen molar-refractivity contribution in [3.63, 3.8) is 0 Å². The average Bonchev–Trinajstić information content (AvgIpc) is 2.18. The SMILES string of the molecule is C1=CCCC(N2CCCCC2)CCC1. The maximum atomic E-state index is 2.75. The Kier molecular flexibility index (Phi) is 4.05. The Hall–Kier alpha value is -0.300. The number of hydrogen-bond donors (Lipinski definition) is 0. The number of nitrogens with zero attached hydrogens (tertiary/aromatic N) is 1. The smallest absolute Gasteiger partial charge is 0.00983 e. The van der Waals surface area contributed by atoms with Crippen molar-refractivity contribution >= 4 is 0 Å². The highest BCUT2D eigenvalue weighted by molar-refractivity contribution is 4.88. The monoisotopic (exact) mass is 193 g/mol. The van der Waals surface area contributed by atoms with Crippen LogP contribution >= 0.6 is 0 Å². The molecule has 0 amide bonds. The molecule has 1 atom stereocenters. The van der Waals surface area contributed by atoms with Crippen molar-refractivity contribution in [3.05, 3.63) is 12.2 Å². The standard InChI is InChI=1S/C13H23N/c1-2-5-9-13(10-6-3-1)14-11-7-4-8-12-14/h1-2,13H,3-12H2. The summed E-state index contributed by atoms with van der Waals surface area (Å²) in [6.07, 6.45) is 15.9. The van der Waals surface area contributed by atoms with Crippen molar-refractivity contribution in [1.29, 1.82) is 0 Å². The Labute approximate surface area is 88.2 Å². The number of likely N-dealkylation sites (tertiary alicyclic amines) is 1. The normalized spacial score (nSPS) is 31.0. The molecule has 1 saturated heterocycles. The lowest BCUT2D eigenvalue weighted by Gasteiger charge is -2.35. The minimum Gasteiger partial charge on any atom is -0.300 e. The van der Waals surface area contributed by atoms with Gasteiger partial charge in [0.1, 0.15) is 0 Å². The highest BCUT2D eigenvalue weighted by atomic mass is 15.2. The molecule has 1 fully saturated rings. The zero-order valence-corrected chi connectivity index (χ0v) is 9.25. The third-order valence-electron chi connectivity index (χ3n) is 3.65. The van der Waals surface area contributed by atoms with Gasteiger partial charge in [0.2, 0.25) is 0 Å². The summed E-state index contributed by atoms with van der Waals surface area (Å²) in [4.78, 5) is 2.75. The Morgan fingerprint density at radius 1 is 0.786 bits per heavy atom. The maximum Gasteiger partial charge on any atom is 0.00983 e. The Morgan fingerprint density at radius 2 is 1.57 bits per heavy atom. The van der Waals surface area contributed by atoms with Crippen LogP contribution < -0.4 is 0 Å². The van der Waals surface area contributed by atoms with Crippen LogP contribution in [0.25, 0.3) is 0 Å². The minimum atomic E-state index is 0.903. The van der Waals surface area contributed by atoms with Crippen LogP contribution in [0.2, 0.25) is 0 Å². The molecular formula is C13H23N. The first-order valence-electron chi connectivity index (χ1n) is 6.36. The lowest BCUT2D eigenvalue weighted by Crippen LogP contribution is -2.39. The van der Waals surface area contributed by atoms with Gasteiger partial charge in [-0.3, -0.25) is 0 Å². The fourth-order valence-electron chi connectivity index (χ4n) is 2.79. The van der Waals surface area contributed by atoms with Crippen molar-refractivity contribution in [2.24, 2.45) is 0 Å². The van der Waals surface area contributed by atoms with Gasteiger partial charge in [0.25, 0.3) is 0 Å². The van der Waals surface area contributed by atoms with Crippen LogP contribution in [0, 0.1) is 0 Å². The summed E-state index contributed by atoms with van der Waals surface area (Å²) in [6.45, 7) is 2.74. The van der Waals surface area contributed by atoms with E-state index in [0.717, 1.165) is 6.04 Å². The van der Waals surface area contributed by atoms with Crippen LogP contribution in [0.5, 0.6) is 0 Å². The minimum absolute atomic E-state index is 0.903. The fourth-order valence-corrected chi connectivity index (χ4v) is 2.79. The molecule has 1 aliphatic heterocycles. The van der Waals surface area contributed by atoms with Crippen LogP contribution in [-0.2, 0) is 0 Å². The Balaban J connectivity index is 1.84. The molecule has 2 aliphatic rings. The Bertz CT molecular complexity index is 180. The molecule has 0 N–H and O–H groups in total. The average molecular weight is 193 g/mol. The van der Waals surface area contributed by atoms with Gasteiger partial charge in [-0.1, -0.05) is 18.6 Å². The van der Waals surface area contributed by atoms with Crippen LogP contribution in [0.4, 0.5) is 0 Å². The zero-order valence-electron chi connectivity index (χ0n) is 9.25. The van der Waals surface area contributed by atoms with Gasteiger partial charge in [-0.15, -0.1) is 0 Å². The summed E-state index contributed by atoms with van der Waals surface area (Å²) in [5.41, 5.74) is 0. The van der Waals surface area contributed by atoms with Gasteiger partial charge in [-0.2, -0.15) is 0 Å². The molecular weight excluding hydrogens is 170 g/mol. The Morgan fingerprint density at radius 3 is 2.43 bits per heavy atom. The number of rotatable bonds is 1. The fraction of sp³-hybridized carbons (Fsp3) is 0.846. The second-order valence-electron chi connectivity index (χ2n) is 4.73. The van der Waals surface area contributed by atoms with Gasteiger partial charge in [0, 0.05) is 6.04 Å². The molecule has 0 spiro atoms. The molecule has 1 nitrogen and oxygen atoms in total. The highest BCUT2D eigenvalue weighted by Crippen LogP contribution is 2.21. The van der Waals surface area contributed by atoms with Crippen molar-refractivity contribution in [2.45, 2.75) is 57.4 Å². The summed E-state index contributed by atoms with van der Waals surface area (Å²) in [6, 6.07) is 0.903. The molecule has 1 heteroatoms. The summed E-state index contributed by atoms with van der Waals surface area (Å²) in [5, 5.41) is 0. The van der Waals surface area contributed by atoms with Crippen LogP contribution in [0.1, 0.15) is 51.4 Å². The van der Waals surface area contributed by atoms with E-state index in [9.17, 15) is 0 Å². The third-order valence-corrected chi connectivity index (χ3v) is 3.65. The molecule has 1 heterocycles. The van der Waals surface area contributed by atoms with E-state index in [1.54, 1.807) is 0 Å². The number of hydrogen-bond acceptors (Lipinski definition) is 1. The zero-order chi connectivity index (χ0) is 9.64. The van der Waals surface area contributed by atoms with Gasteiger partial charge < -0.3 is 4.90 Å². The van der Waals surface area contributed by atoms with E-state index >= 15 is 0 Å². The molecule has 0 saturated carbocycles. The molecule has 1 unspecified atom stereocenters. The molecule has 2 rings (SSSR count). The summed E-state index contributed by atoms with van der Waals surface area (Å²) < 4.78 is 0. The molecule has 0 aromatic carbocycles. The van der Waals surface area contributed by atoms with Crippen molar-refractivity contribution < 1.29 is 0 Å². The molecule has 0 aromatic rings. The first-order valence-corrected chi connectivity index (χ1v) is 6.36. The van der Waals surface area contributed by atoms with Crippen molar-refractivity contribution in [2.75, 3.05) is 13.1 Å². The van der Waals surface area contributed by atoms with Gasteiger partial charge in [-0.25, -0.2) is 0 Å². The van der Waals surface area contributed by atoms with E-state index < -0.39 is 0 Å².